The van der Waals surface area contributed by atoms with Gasteiger partial charge in [0.15, 0.2) is 0 Å². The molecule has 0 aromatic rings. The molecular weight excluding hydrogens is 409 g/mol. The number of nitrogens with two attached hydrogens (primary N) is 2. The fourth-order valence-corrected chi connectivity index (χ4v) is 4.28. The van der Waals surface area contributed by atoms with Gasteiger partial charge < -0.3 is 45.5 Å². The van der Waals surface area contributed by atoms with Crippen LogP contribution in [0.1, 0.15) is 27.7 Å². The van der Waals surface area contributed by atoms with Crippen LogP contribution >= 0.6 is 7.75 Å². The first-order valence-electron chi connectivity index (χ1n) is 9.61. The van der Waals surface area contributed by atoms with Crippen LogP contribution < -0.4 is 16.6 Å². The third-order valence-corrected chi connectivity index (χ3v) is 5.68. The molecular formula is C16H34N3O9P. The summed E-state index contributed by atoms with van der Waals surface area (Å²) in [5.74, 6) is 0. The maximum absolute atomic E-state index is 12.5. The summed E-state index contributed by atoms with van der Waals surface area (Å²) in [4.78, 5) is 10.2. The van der Waals surface area contributed by atoms with Crippen LogP contribution in [0.3, 0.4) is 0 Å². The van der Waals surface area contributed by atoms with Gasteiger partial charge in [-0.15, -0.1) is 0 Å². The van der Waals surface area contributed by atoms with Crippen molar-refractivity contribution in [2.24, 2.45) is 11.5 Å². The standard InChI is InChI=1S/C16H34N3O9P/c1-7(2)24-5-9-11(12(20)15(17)27-9)19-29(22,23)25-6-10-14(26-8(3)4)13(21)16(18)28-10/h7-16,20-21H,5-6,17-18H2,1-4H3,(H2,19,22,23)/t9-,10-,11?,12?,13?,14?,15-,16-/m1/s1. The van der Waals surface area contributed by atoms with Gasteiger partial charge in [-0.1, -0.05) is 0 Å². The number of nitrogens with one attached hydrogen (secondary N) is 1. The van der Waals surface area contributed by atoms with Crippen molar-refractivity contribution >= 4 is 7.75 Å². The van der Waals surface area contributed by atoms with Gasteiger partial charge in [0.25, 0.3) is 0 Å². The van der Waals surface area contributed by atoms with Crippen LogP contribution in [-0.4, -0.2) is 89.5 Å². The molecule has 0 spiro atoms. The summed E-state index contributed by atoms with van der Waals surface area (Å²) in [6, 6.07) is -0.986. The average Bonchev–Trinajstić information content (AvgIpc) is 3.02. The van der Waals surface area contributed by atoms with E-state index in [1.165, 1.54) is 0 Å². The van der Waals surface area contributed by atoms with Crippen LogP contribution in [0.15, 0.2) is 0 Å². The lowest BCUT2D eigenvalue weighted by atomic mass is 10.1. The maximum atomic E-state index is 12.5. The highest BCUT2D eigenvalue weighted by molar-refractivity contribution is 7.50. The van der Waals surface area contributed by atoms with Crippen molar-refractivity contribution < 1.29 is 43.1 Å². The molecule has 29 heavy (non-hydrogen) atoms. The number of aliphatic hydroxyl groups is 2. The summed E-state index contributed by atoms with van der Waals surface area (Å²) >= 11 is 0. The summed E-state index contributed by atoms with van der Waals surface area (Å²) in [6.07, 6.45) is -7.11. The Labute approximate surface area is 170 Å². The van der Waals surface area contributed by atoms with Gasteiger partial charge in [-0.2, -0.15) is 0 Å². The van der Waals surface area contributed by atoms with Crippen LogP contribution in [0.2, 0.25) is 0 Å². The first kappa shape index (κ1) is 25.1. The fourth-order valence-electron chi connectivity index (χ4n) is 3.16. The molecule has 13 heteroatoms. The largest absolute Gasteiger partial charge is 0.403 e. The SMILES string of the molecule is CC(C)OC[C@H]1O[C@@H](N)C(O)C1NP(=O)(O)OC[C@H]1O[C@@H](N)C(O)C1OC(C)C. The van der Waals surface area contributed by atoms with Crippen molar-refractivity contribution in [1.82, 2.24) is 5.09 Å². The van der Waals surface area contributed by atoms with Gasteiger partial charge in [-0.05, 0) is 27.7 Å². The van der Waals surface area contributed by atoms with Gasteiger partial charge in [0.1, 0.15) is 43.0 Å². The van der Waals surface area contributed by atoms with Gasteiger partial charge in [0, 0.05) is 0 Å². The highest BCUT2D eigenvalue weighted by atomic mass is 31.2. The van der Waals surface area contributed by atoms with E-state index in [0.29, 0.717) is 0 Å². The molecule has 0 aromatic carbocycles. The average molecular weight is 443 g/mol. The number of hydrogen-bond acceptors (Lipinski definition) is 10. The van der Waals surface area contributed by atoms with Crippen molar-refractivity contribution in [2.45, 2.75) is 88.9 Å². The summed E-state index contributed by atoms with van der Waals surface area (Å²) in [5, 5.41) is 22.7. The zero-order chi connectivity index (χ0) is 21.9. The lowest BCUT2D eigenvalue weighted by Gasteiger charge is -2.26. The molecule has 172 valence electrons. The number of hydrogen-bond donors (Lipinski definition) is 6. The van der Waals surface area contributed by atoms with Crippen molar-refractivity contribution in [2.75, 3.05) is 13.2 Å². The molecule has 12 nitrogen and oxygen atoms in total. The Hall–Kier alpha value is -0.210. The Morgan fingerprint density at radius 3 is 2.17 bits per heavy atom. The molecule has 2 aliphatic heterocycles. The van der Waals surface area contributed by atoms with Crippen LogP contribution in [0.25, 0.3) is 0 Å². The Bertz CT molecular complexity index is 570. The molecule has 5 unspecified atom stereocenters. The third kappa shape index (κ3) is 6.89. The third-order valence-electron chi connectivity index (χ3n) is 4.56. The smallest absolute Gasteiger partial charge is 0.387 e. The Morgan fingerprint density at radius 1 is 1.00 bits per heavy atom. The number of aliphatic hydroxyl groups excluding tert-OH is 2. The van der Waals surface area contributed by atoms with Crippen molar-refractivity contribution in [3.05, 3.63) is 0 Å². The van der Waals surface area contributed by atoms with Crippen LogP contribution in [-0.2, 0) is 28.0 Å². The van der Waals surface area contributed by atoms with Crippen molar-refractivity contribution in [1.29, 1.82) is 0 Å². The Kier molecular flexibility index (Phi) is 8.99. The predicted octanol–water partition coefficient (Wildman–Crippen LogP) is -1.63. The highest BCUT2D eigenvalue weighted by Gasteiger charge is 2.47. The van der Waals surface area contributed by atoms with Gasteiger partial charge in [-0.3, -0.25) is 4.52 Å². The molecule has 8 N–H and O–H groups in total. The minimum Gasteiger partial charge on any atom is -0.387 e. The quantitative estimate of drug-likeness (QED) is 0.212. The molecule has 2 heterocycles. The molecule has 0 saturated carbocycles. The molecule has 0 amide bonds. The van der Waals surface area contributed by atoms with E-state index in [-0.39, 0.29) is 25.4 Å². The minimum absolute atomic E-state index is 0.0666. The lowest BCUT2D eigenvalue weighted by molar-refractivity contribution is -0.0760. The normalized spacial score (nSPS) is 40.1. The Balaban J connectivity index is 1.96. The van der Waals surface area contributed by atoms with E-state index in [4.69, 9.17) is 34.9 Å². The molecule has 9 atom stereocenters. The molecule has 2 saturated heterocycles. The molecule has 0 aliphatic carbocycles. The number of rotatable bonds is 10. The van der Waals surface area contributed by atoms with E-state index in [2.05, 4.69) is 5.09 Å². The first-order chi connectivity index (χ1) is 13.4. The molecule has 0 aromatic heterocycles. The van der Waals surface area contributed by atoms with E-state index in [1.54, 1.807) is 13.8 Å². The van der Waals surface area contributed by atoms with E-state index in [1.807, 2.05) is 13.8 Å². The van der Waals surface area contributed by atoms with Crippen molar-refractivity contribution in [3.63, 3.8) is 0 Å². The van der Waals surface area contributed by atoms with E-state index in [0.717, 1.165) is 0 Å². The van der Waals surface area contributed by atoms with Gasteiger partial charge in [0.05, 0.1) is 31.5 Å². The zero-order valence-electron chi connectivity index (χ0n) is 17.1. The van der Waals surface area contributed by atoms with E-state index in [9.17, 15) is 19.7 Å². The predicted molar refractivity (Wildman–Crippen MR) is 102 cm³/mol. The molecule has 0 radical (unpaired) electrons. The van der Waals surface area contributed by atoms with Gasteiger partial charge >= 0.3 is 7.75 Å². The second-order valence-electron chi connectivity index (χ2n) is 7.76. The maximum Gasteiger partial charge on any atom is 0.403 e. The monoisotopic (exact) mass is 443 g/mol. The van der Waals surface area contributed by atoms with Crippen LogP contribution in [0, 0.1) is 0 Å². The van der Waals surface area contributed by atoms with Crippen LogP contribution in [0.5, 0.6) is 0 Å². The van der Waals surface area contributed by atoms with Crippen molar-refractivity contribution in [3.8, 4) is 0 Å². The summed E-state index contributed by atoms with van der Waals surface area (Å²) in [5.41, 5.74) is 11.4. The fraction of sp³-hybridized carbons (Fsp3) is 1.00. The minimum atomic E-state index is -4.40. The van der Waals surface area contributed by atoms with Gasteiger partial charge in [0.2, 0.25) is 0 Å². The molecule has 0 bridgehead atoms. The molecule has 2 rings (SSSR count). The second-order valence-corrected chi connectivity index (χ2v) is 9.32. The van der Waals surface area contributed by atoms with Crippen LogP contribution in [0.4, 0.5) is 0 Å². The highest BCUT2D eigenvalue weighted by Crippen LogP contribution is 2.41. The zero-order valence-corrected chi connectivity index (χ0v) is 18.0. The lowest BCUT2D eigenvalue weighted by Crippen LogP contribution is -2.46. The topological polar surface area (TPSA) is 188 Å². The Morgan fingerprint density at radius 2 is 1.59 bits per heavy atom. The van der Waals surface area contributed by atoms with Gasteiger partial charge in [-0.25, -0.2) is 9.65 Å². The molecule has 2 aliphatic rings. The van der Waals surface area contributed by atoms with E-state index < -0.39 is 56.8 Å². The number of ether oxygens (including phenoxy) is 4. The second kappa shape index (κ2) is 10.4. The first-order valence-corrected chi connectivity index (χ1v) is 11.2. The summed E-state index contributed by atoms with van der Waals surface area (Å²) in [7, 11) is -4.40. The summed E-state index contributed by atoms with van der Waals surface area (Å²) in [6.45, 7) is 6.89. The summed E-state index contributed by atoms with van der Waals surface area (Å²) < 4.78 is 39.5. The van der Waals surface area contributed by atoms with E-state index >= 15 is 0 Å². The molecule has 2 fully saturated rings.